The zero-order chi connectivity index (χ0) is 19.8. The highest BCUT2D eigenvalue weighted by molar-refractivity contribution is 5.80. The first-order valence-electron chi connectivity index (χ1n) is 9.25. The number of piperidine rings is 1. The van der Waals surface area contributed by atoms with E-state index in [0.717, 1.165) is 44.0 Å². The second-order valence-corrected chi connectivity index (χ2v) is 7.12. The van der Waals surface area contributed by atoms with E-state index in [4.69, 9.17) is 9.73 Å². The van der Waals surface area contributed by atoms with E-state index >= 15 is 0 Å². The van der Waals surface area contributed by atoms with Crippen LogP contribution >= 0.6 is 0 Å². The number of rotatable bonds is 6. The summed E-state index contributed by atoms with van der Waals surface area (Å²) in [6.07, 6.45) is 1.49. The fourth-order valence-electron chi connectivity index (χ4n) is 2.95. The Morgan fingerprint density at radius 2 is 1.96 bits per heavy atom. The monoisotopic (exact) mass is 376 g/mol. The third kappa shape index (κ3) is 6.23. The fraction of sp³-hybridized carbons (Fsp3) is 0.579. The van der Waals surface area contributed by atoms with Crippen LogP contribution < -0.4 is 5.32 Å². The van der Waals surface area contributed by atoms with Gasteiger partial charge in [-0.05, 0) is 24.3 Å². The molecule has 148 valence electrons. The van der Waals surface area contributed by atoms with E-state index < -0.39 is 4.92 Å². The van der Waals surface area contributed by atoms with E-state index in [9.17, 15) is 14.9 Å². The van der Waals surface area contributed by atoms with E-state index in [0.29, 0.717) is 12.5 Å². The molecule has 1 aliphatic rings. The number of nitro benzene ring substituents is 1. The number of carbonyl (C=O) groups is 1. The summed E-state index contributed by atoms with van der Waals surface area (Å²) in [5, 5.41) is 14.2. The van der Waals surface area contributed by atoms with Crippen molar-refractivity contribution in [3.63, 3.8) is 0 Å². The summed E-state index contributed by atoms with van der Waals surface area (Å²) in [4.78, 5) is 28.9. The highest BCUT2D eigenvalue weighted by atomic mass is 16.6. The first-order chi connectivity index (χ1) is 12.9. The van der Waals surface area contributed by atoms with Gasteiger partial charge < -0.3 is 15.0 Å². The second kappa shape index (κ2) is 9.89. The molecule has 0 radical (unpaired) electrons. The number of guanidine groups is 1. The Morgan fingerprint density at radius 1 is 1.33 bits per heavy atom. The molecule has 1 saturated heterocycles. The number of benzene rings is 1. The van der Waals surface area contributed by atoms with Crippen molar-refractivity contribution >= 4 is 17.6 Å². The molecule has 27 heavy (non-hydrogen) atoms. The maximum absolute atomic E-state index is 11.7. The normalized spacial score (nSPS) is 15.7. The fourth-order valence-corrected chi connectivity index (χ4v) is 2.95. The van der Waals surface area contributed by atoms with Crippen LogP contribution in [0.5, 0.6) is 0 Å². The minimum Gasteiger partial charge on any atom is -0.469 e. The van der Waals surface area contributed by atoms with Gasteiger partial charge in [0, 0.05) is 31.8 Å². The molecule has 0 atom stereocenters. The number of aliphatic imine (C=N–C) groups is 1. The number of likely N-dealkylation sites (tertiary alicyclic amines) is 1. The third-order valence-corrected chi connectivity index (χ3v) is 4.56. The van der Waals surface area contributed by atoms with Gasteiger partial charge in [-0.2, -0.15) is 0 Å². The van der Waals surface area contributed by atoms with E-state index in [2.05, 4.69) is 24.1 Å². The van der Waals surface area contributed by atoms with Crippen LogP contribution in [0.25, 0.3) is 0 Å². The standard InChI is InChI=1S/C19H28N4O4/c1-14(2)12-20-19(22-10-8-16(9-11-22)18(24)27-3)21-13-15-4-6-17(7-5-15)23(25)26/h4-7,14,16H,8-13H2,1-3H3,(H,20,21). The van der Waals surface area contributed by atoms with Crippen molar-refractivity contribution in [3.8, 4) is 0 Å². The molecule has 1 fully saturated rings. The van der Waals surface area contributed by atoms with Gasteiger partial charge in [0.25, 0.3) is 5.69 Å². The van der Waals surface area contributed by atoms with Crippen molar-refractivity contribution < 1.29 is 14.5 Å². The lowest BCUT2D eigenvalue weighted by Gasteiger charge is -2.33. The molecule has 8 nitrogen and oxygen atoms in total. The Kier molecular flexibility index (Phi) is 7.57. The molecule has 1 aliphatic heterocycles. The van der Waals surface area contributed by atoms with Crippen molar-refractivity contribution in [2.24, 2.45) is 16.8 Å². The molecule has 0 bridgehead atoms. The van der Waals surface area contributed by atoms with Gasteiger partial charge in [-0.15, -0.1) is 0 Å². The van der Waals surface area contributed by atoms with Crippen LogP contribution in [0.4, 0.5) is 5.69 Å². The molecule has 0 unspecified atom stereocenters. The summed E-state index contributed by atoms with van der Waals surface area (Å²) >= 11 is 0. The lowest BCUT2D eigenvalue weighted by atomic mass is 9.97. The molecule has 2 rings (SSSR count). The molecule has 1 heterocycles. The van der Waals surface area contributed by atoms with Gasteiger partial charge in [0.1, 0.15) is 0 Å². The topological polar surface area (TPSA) is 97.1 Å². The maximum Gasteiger partial charge on any atom is 0.308 e. The molecule has 1 aromatic carbocycles. The van der Waals surface area contributed by atoms with Crippen LogP contribution in [0.3, 0.4) is 0 Å². The van der Waals surface area contributed by atoms with Gasteiger partial charge in [-0.1, -0.05) is 26.0 Å². The average molecular weight is 376 g/mol. The summed E-state index contributed by atoms with van der Waals surface area (Å²) in [5.41, 5.74) is 0.986. The van der Waals surface area contributed by atoms with Gasteiger partial charge in [0.15, 0.2) is 5.96 Å². The second-order valence-electron chi connectivity index (χ2n) is 7.12. The van der Waals surface area contributed by atoms with Crippen molar-refractivity contribution in [2.75, 3.05) is 26.7 Å². The van der Waals surface area contributed by atoms with Crippen LogP contribution in [0.1, 0.15) is 32.3 Å². The zero-order valence-corrected chi connectivity index (χ0v) is 16.2. The van der Waals surface area contributed by atoms with Crippen molar-refractivity contribution in [1.82, 2.24) is 10.2 Å². The Balaban J connectivity index is 2.03. The van der Waals surface area contributed by atoms with Crippen LogP contribution in [-0.2, 0) is 16.1 Å². The predicted molar refractivity (Wildman–Crippen MR) is 103 cm³/mol. The minimum absolute atomic E-state index is 0.0488. The Morgan fingerprint density at radius 3 is 2.48 bits per heavy atom. The Hall–Kier alpha value is -2.64. The number of non-ortho nitro benzene ring substituents is 1. The average Bonchev–Trinajstić information content (AvgIpc) is 2.67. The van der Waals surface area contributed by atoms with E-state index in [-0.39, 0.29) is 17.6 Å². The number of nitrogens with one attached hydrogen (secondary N) is 1. The number of esters is 1. The molecule has 0 aliphatic carbocycles. The molecule has 0 spiro atoms. The smallest absolute Gasteiger partial charge is 0.308 e. The summed E-state index contributed by atoms with van der Waals surface area (Å²) in [5.74, 6) is 1.09. The highest BCUT2D eigenvalue weighted by Gasteiger charge is 2.27. The number of nitrogens with zero attached hydrogens (tertiary/aromatic N) is 3. The van der Waals surface area contributed by atoms with E-state index in [1.165, 1.54) is 19.2 Å². The first kappa shape index (κ1) is 20.7. The van der Waals surface area contributed by atoms with Crippen LogP contribution in [0.15, 0.2) is 29.3 Å². The summed E-state index contributed by atoms with van der Waals surface area (Å²) in [6.45, 7) is 6.98. The van der Waals surface area contributed by atoms with Crippen molar-refractivity contribution in [2.45, 2.75) is 33.2 Å². The van der Waals surface area contributed by atoms with Crippen molar-refractivity contribution in [1.29, 1.82) is 0 Å². The molecule has 1 aromatic rings. The van der Waals surface area contributed by atoms with Crippen LogP contribution in [0, 0.1) is 22.0 Å². The number of methoxy groups -OCH3 is 1. The first-order valence-corrected chi connectivity index (χ1v) is 9.25. The SMILES string of the molecule is COC(=O)C1CCN(C(=NCc2ccc([N+](=O)[O-])cc2)NCC(C)C)CC1. The Bertz CT molecular complexity index is 665. The zero-order valence-electron chi connectivity index (χ0n) is 16.2. The summed E-state index contributed by atoms with van der Waals surface area (Å²) < 4.78 is 4.84. The number of ether oxygens (including phenoxy) is 1. The molecule has 8 heteroatoms. The van der Waals surface area contributed by atoms with Crippen molar-refractivity contribution in [3.05, 3.63) is 39.9 Å². The van der Waals surface area contributed by atoms with Gasteiger partial charge in [-0.3, -0.25) is 14.9 Å². The van der Waals surface area contributed by atoms with Gasteiger partial charge in [0.05, 0.1) is 24.5 Å². The number of hydrogen-bond acceptors (Lipinski definition) is 5. The molecular weight excluding hydrogens is 348 g/mol. The minimum atomic E-state index is -0.409. The lowest BCUT2D eigenvalue weighted by Crippen LogP contribution is -2.47. The lowest BCUT2D eigenvalue weighted by molar-refractivity contribution is -0.384. The van der Waals surface area contributed by atoms with Crippen LogP contribution in [-0.4, -0.2) is 48.5 Å². The summed E-state index contributed by atoms with van der Waals surface area (Å²) in [7, 11) is 1.43. The van der Waals surface area contributed by atoms with E-state index in [1.54, 1.807) is 12.1 Å². The number of carbonyl (C=O) groups excluding carboxylic acids is 1. The largest absolute Gasteiger partial charge is 0.469 e. The number of nitro groups is 1. The summed E-state index contributed by atoms with van der Waals surface area (Å²) in [6, 6.07) is 6.44. The van der Waals surface area contributed by atoms with Gasteiger partial charge >= 0.3 is 5.97 Å². The van der Waals surface area contributed by atoms with E-state index in [1.807, 2.05) is 0 Å². The van der Waals surface area contributed by atoms with Gasteiger partial charge in [-0.25, -0.2) is 4.99 Å². The molecule has 0 saturated carbocycles. The van der Waals surface area contributed by atoms with Gasteiger partial charge in [0.2, 0.25) is 0 Å². The molecule has 1 N–H and O–H groups in total. The predicted octanol–water partition coefficient (Wildman–Crippen LogP) is 2.58. The maximum atomic E-state index is 11.7. The third-order valence-electron chi connectivity index (χ3n) is 4.56. The molecule has 0 aromatic heterocycles. The van der Waals surface area contributed by atoms with Crippen LogP contribution in [0.2, 0.25) is 0 Å². The number of hydrogen-bond donors (Lipinski definition) is 1. The molecule has 0 amide bonds. The Labute approximate surface area is 159 Å². The quantitative estimate of drug-likeness (QED) is 0.269. The molecular formula is C19H28N4O4. The highest BCUT2D eigenvalue weighted by Crippen LogP contribution is 2.19.